The predicted molar refractivity (Wildman–Crippen MR) is 67.4 cm³/mol. The van der Waals surface area contributed by atoms with Crippen LogP contribution in [0.25, 0.3) is 0 Å². The minimum atomic E-state index is -3.36. The maximum Gasteiger partial charge on any atom is 0.240 e. The normalized spacial score (nSPS) is 18.2. The van der Waals surface area contributed by atoms with Crippen LogP contribution in [-0.4, -0.2) is 27.5 Å². The quantitative estimate of drug-likeness (QED) is 0.847. The zero-order chi connectivity index (χ0) is 12.3. The number of hydrogen-bond acceptors (Lipinski definition) is 3. The van der Waals surface area contributed by atoms with Gasteiger partial charge in [-0.1, -0.05) is 12.1 Å². The van der Waals surface area contributed by atoms with E-state index in [2.05, 4.69) is 10.0 Å². The third-order valence-corrected chi connectivity index (χ3v) is 4.48. The smallest absolute Gasteiger partial charge is 0.240 e. The summed E-state index contributed by atoms with van der Waals surface area (Å²) in [4.78, 5) is 0.357. The Morgan fingerprint density at radius 2 is 2.00 bits per heavy atom. The van der Waals surface area contributed by atoms with Gasteiger partial charge in [0.15, 0.2) is 0 Å². The van der Waals surface area contributed by atoms with E-state index in [0.29, 0.717) is 4.90 Å². The molecular formula is C12H18N2O2S. The summed E-state index contributed by atoms with van der Waals surface area (Å²) in [5.41, 5.74) is 0.957. The Bertz CT molecular complexity index is 479. The highest BCUT2D eigenvalue weighted by atomic mass is 32.2. The van der Waals surface area contributed by atoms with Gasteiger partial charge in [0.25, 0.3) is 0 Å². The van der Waals surface area contributed by atoms with Gasteiger partial charge in [-0.3, -0.25) is 0 Å². The zero-order valence-corrected chi connectivity index (χ0v) is 10.8. The molecule has 2 rings (SSSR count). The van der Waals surface area contributed by atoms with Gasteiger partial charge < -0.3 is 5.32 Å². The molecule has 5 heteroatoms. The first-order valence-electron chi connectivity index (χ1n) is 5.88. The molecule has 1 aliphatic heterocycles. The fraction of sp³-hybridized carbons (Fsp3) is 0.500. The lowest BCUT2D eigenvalue weighted by Gasteiger charge is -2.23. The molecule has 0 radical (unpaired) electrons. The summed E-state index contributed by atoms with van der Waals surface area (Å²) in [7, 11) is -3.36. The van der Waals surface area contributed by atoms with Crippen molar-refractivity contribution in [2.45, 2.75) is 30.7 Å². The van der Waals surface area contributed by atoms with E-state index < -0.39 is 10.0 Å². The topological polar surface area (TPSA) is 58.2 Å². The van der Waals surface area contributed by atoms with Crippen LogP contribution in [0.15, 0.2) is 29.2 Å². The van der Waals surface area contributed by atoms with Gasteiger partial charge in [-0.2, -0.15) is 0 Å². The third-order valence-electron chi connectivity index (χ3n) is 2.96. The van der Waals surface area contributed by atoms with Crippen LogP contribution >= 0.6 is 0 Å². The SMILES string of the molecule is Cc1cccc(S(=O)(=O)NC2CCNCC2)c1. The molecule has 2 N–H and O–H groups in total. The number of hydrogen-bond donors (Lipinski definition) is 2. The van der Waals surface area contributed by atoms with E-state index >= 15 is 0 Å². The zero-order valence-electron chi connectivity index (χ0n) is 9.94. The van der Waals surface area contributed by atoms with Crippen LogP contribution in [0.3, 0.4) is 0 Å². The minimum absolute atomic E-state index is 0.0572. The number of piperidine rings is 1. The molecule has 0 spiro atoms. The van der Waals surface area contributed by atoms with E-state index in [1.54, 1.807) is 18.2 Å². The molecule has 0 atom stereocenters. The van der Waals surface area contributed by atoms with Gasteiger partial charge in [0.2, 0.25) is 10.0 Å². The lowest BCUT2D eigenvalue weighted by molar-refractivity contribution is 0.427. The third kappa shape index (κ3) is 3.28. The number of nitrogens with one attached hydrogen (secondary N) is 2. The first-order chi connectivity index (χ1) is 8.08. The van der Waals surface area contributed by atoms with Crippen molar-refractivity contribution in [1.82, 2.24) is 10.0 Å². The van der Waals surface area contributed by atoms with Crippen LogP contribution in [-0.2, 0) is 10.0 Å². The molecule has 17 heavy (non-hydrogen) atoms. The molecule has 1 aromatic carbocycles. The molecule has 94 valence electrons. The monoisotopic (exact) mass is 254 g/mol. The Kier molecular flexibility index (Phi) is 3.81. The molecular weight excluding hydrogens is 236 g/mol. The molecule has 0 amide bonds. The van der Waals surface area contributed by atoms with Crippen LogP contribution in [0.5, 0.6) is 0 Å². The summed E-state index contributed by atoms with van der Waals surface area (Å²) < 4.78 is 27.0. The van der Waals surface area contributed by atoms with Crippen molar-refractivity contribution >= 4 is 10.0 Å². The summed E-state index contributed by atoms with van der Waals surface area (Å²) in [6.07, 6.45) is 1.70. The predicted octanol–water partition coefficient (Wildman–Crippen LogP) is 1.03. The molecule has 4 nitrogen and oxygen atoms in total. The number of aryl methyl sites for hydroxylation is 1. The molecule has 1 aromatic rings. The molecule has 1 heterocycles. The second kappa shape index (κ2) is 5.16. The van der Waals surface area contributed by atoms with Gasteiger partial charge >= 0.3 is 0 Å². The van der Waals surface area contributed by atoms with Crippen molar-refractivity contribution in [1.29, 1.82) is 0 Å². The first kappa shape index (κ1) is 12.5. The van der Waals surface area contributed by atoms with E-state index in [1.807, 2.05) is 13.0 Å². The van der Waals surface area contributed by atoms with Gasteiger partial charge in [0.1, 0.15) is 0 Å². The molecule has 0 unspecified atom stereocenters. The van der Waals surface area contributed by atoms with Crippen LogP contribution < -0.4 is 10.0 Å². The fourth-order valence-electron chi connectivity index (χ4n) is 2.01. The van der Waals surface area contributed by atoms with Crippen molar-refractivity contribution in [2.24, 2.45) is 0 Å². The van der Waals surface area contributed by atoms with E-state index in [-0.39, 0.29) is 6.04 Å². The van der Waals surface area contributed by atoms with E-state index in [9.17, 15) is 8.42 Å². The van der Waals surface area contributed by atoms with E-state index in [1.165, 1.54) is 0 Å². The van der Waals surface area contributed by atoms with Gasteiger partial charge in [-0.05, 0) is 50.6 Å². The van der Waals surface area contributed by atoms with Gasteiger partial charge in [0, 0.05) is 6.04 Å². The van der Waals surface area contributed by atoms with Crippen molar-refractivity contribution in [3.63, 3.8) is 0 Å². The molecule has 1 fully saturated rings. The van der Waals surface area contributed by atoms with Crippen molar-refractivity contribution in [3.05, 3.63) is 29.8 Å². The van der Waals surface area contributed by atoms with Crippen LogP contribution in [0.1, 0.15) is 18.4 Å². The van der Waals surface area contributed by atoms with Crippen LogP contribution in [0.4, 0.5) is 0 Å². The van der Waals surface area contributed by atoms with Gasteiger partial charge in [-0.25, -0.2) is 13.1 Å². The van der Waals surface area contributed by atoms with Crippen molar-refractivity contribution in [2.75, 3.05) is 13.1 Å². The lowest BCUT2D eigenvalue weighted by Crippen LogP contribution is -2.42. The molecule has 0 bridgehead atoms. The Labute approximate surface area is 102 Å². The highest BCUT2D eigenvalue weighted by Crippen LogP contribution is 2.13. The highest BCUT2D eigenvalue weighted by Gasteiger charge is 2.21. The number of benzene rings is 1. The average Bonchev–Trinajstić information content (AvgIpc) is 2.30. The molecule has 0 aromatic heterocycles. The second-order valence-corrected chi connectivity index (χ2v) is 6.18. The van der Waals surface area contributed by atoms with Gasteiger partial charge in [-0.15, -0.1) is 0 Å². The van der Waals surface area contributed by atoms with Crippen LogP contribution in [0, 0.1) is 6.92 Å². The molecule has 0 aliphatic carbocycles. The molecule has 0 saturated carbocycles. The Hall–Kier alpha value is -0.910. The van der Waals surface area contributed by atoms with E-state index in [4.69, 9.17) is 0 Å². The van der Waals surface area contributed by atoms with Crippen LogP contribution in [0.2, 0.25) is 0 Å². The van der Waals surface area contributed by atoms with Crippen molar-refractivity contribution < 1.29 is 8.42 Å². The summed E-state index contributed by atoms with van der Waals surface area (Å²) in [6, 6.07) is 7.05. The standard InChI is InChI=1S/C12H18N2O2S/c1-10-3-2-4-12(9-10)17(15,16)14-11-5-7-13-8-6-11/h2-4,9,11,13-14H,5-8H2,1H3. The average molecular weight is 254 g/mol. The largest absolute Gasteiger partial charge is 0.317 e. The fourth-order valence-corrected chi connectivity index (χ4v) is 3.42. The Balaban J connectivity index is 2.13. The highest BCUT2D eigenvalue weighted by molar-refractivity contribution is 7.89. The number of rotatable bonds is 3. The minimum Gasteiger partial charge on any atom is -0.317 e. The van der Waals surface area contributed by atoms with Crippen molar-refractivity contribution in [3.8, 4) is 0 Å². The molecule has 1 saturated heterocycles. The maximum absolute atomic E-state index is 12.1. The number of sulfonamides is 1. The Morgan fingerprint density at radius 1 is 1.29 bits per heavy atom. The van der Waals surface area contributed by atoms with Gasteiger partial charge in [0.05, 0.1) is 4.90 Å². The second-order valence-electron chi connectivity index (χ2n) is 4.46. The summed E-state index contributed by atoms with van der Waals surface area (Å²) in [5, 5.41) is 3.21. The van der Waals surface area contributed by atoms with E-state index in [0.717, 1.165) is 31.5 Å². The first-order valence-corrected chi connectivity index (χ1v) is 7.36. The maximum atomic E-state index is 12.1. The summed E-state index contributed by atoms with van der Waals surface area (Å²) in [5.74, 6) is 0. The lowest BCUT2D eigenvalue weighted by atomic mass is 10.1. The Morgan fingerprint density at radius 3 is 2.65 bits per heavy atom. The summed E-state index contributed by atoms with van der Waals surface area (Å²) >= 11 is 0. The summed E-state index contributed by atoms with van der Waals surface area (Å²) in [6.45, 7) is 3.64. The molecule has 1 aliphatic rings.